The molecule has 5 heteroatoms. The van der Waals surface area contributed by atoms with Gasteiger partial charge in [-0.05, 0) is 45.4 Å². The van der Waals surface area contributed by atoms with Gasteiger partial charge in [0.15, 0.2) is 0 Å². The number of carbonyl (C=O) groups excluding carboxylic acids is 2. The van der Waals surface area contributed by atoms with E-state index < -0.39 is 11.7 Å². The zero-order valence-corrected chi connectivity index (χ0v) is 12.4. The van der Waals surface area contributed by atoms with Crippen LogP contribution in [0.4, 0.5) is 10.5 Å². The van der Waals surface area contributed by atoms with E-state index in [0.29, 0.717) is 17.8 Å². The number of benzene rings is 1. The van der Waals surface area contributed by atoms with E-state index in [0.717, 1.165) is 6.42 Å². The molecule has 5 nitrogen and oxygen atoms in total. The Balaban J connectivity index is 2.68. The Hall–Kier alpha value is -2.04. The van der Waals surface area contributed by atoms with Crippen LogP contribution in [0.5, 0.6) is 0 Å². The molecule has 2 amide bonds. The minimum Gasteiger partial charge on any atom is -0.444 e. The second-order valence-electron chi connectivity index (χ2n) is 5.46. The topological polar surface area (TPSA) is 67.4 Å². The molecule has 0 bridgehead atoms. The van der Waals surface area contributed by atoms with Crippen LogP contribution in [0.3, 0.4) is 0 Å². The van der Waals surface area contributed by atoms with Crippen LogP contribution in [-0.2, 0) is 4.74 Å². The SMILES string of the molecule is CCCNC(=O)c1cccc(NC(=O)OC(C)(C)C)c1. The minimum absolute atomic E-state index is 0.153. The monoisotopic (exact) mass is 278 g/mol. The average Bonchev–Trinajstić information content (AvgIpc) is 2.33. The molecule has 0 radical (unpaired) electrons. The van der Waals surface area contributed by atoms with Crippen molar-refractivity contribution in [1.82, 2.24) is 5.32 Å². The Morgan fingerprint density at radius 2 is 1.95 bits per heavy atom. The second-order valence-corrected chi connectivity index (χ2v) is 5.46. The number of amides is 2. The van der Waals surface area contributed by atoms with Gasteiger partial charge in [0, 0.05) is 17.8 Å². The molecule has 0 unspecified atom stereocenters. The third-order valence-corrected chi connectivity index (χ3v) is 2.31. The lowest BCUT2D eigenvalue weighted by molar-refractivity contribution is 0.0635. The van der Waals surface area contributed by atoms with E-state index in [4.69, 9.17) is 4.74 Å². The molecule has 0 aliphatic heterocycles. The summed E-state index contributed by atoms with van der Waals surface area (Å²) in [7, 11) is 0. The van der Waals surface area contributed by atoms with E-state index >= 15 is 0 Å². The fourth-order valence-corrected chi connectivity index (χ4v) is 1.50. The van der Waals surface area contributed by atoms with Gasteiger partial charge in [-0.2, -0.15) is 0 Å². The maximum absolute atomic E-state index is 11.8. The number of hydrogen-bond donors (Lipinski definition) is 2. The van der Waals surface area contributed by atoms with E-state index in [1.807, 2.05) is 6.92 Å². The quantitative estimate of drug-likeness (QED) is 0.889. The first-order chi connectivity index (χ1) is 9.31. The first-order valence-corrected chi connectivity index (χ1v) is 6.70. The maximum Gasteiger partial charge on any atom is 0.412 e. The number of hydrogen-bond acceptors (Lipinski definition) is 3. The van der Waals surface area contributed by atoms with Crippen LogP contribution < -0.4 is 10.6 Å². The summed E-state index contributed by atoms with van der Waals surface area (Å²) in [5, 5.41) is 5.39. The summed E-state index contributed by atoms with van der Waals surface area (Å²) in [6.45, 7) is 7.99. The number of nitrogens with one attached hydrogen (secondary N) is 2. The van der Waals surface area contributed by atoms with E-state index in [1.165, 1.54) is 0 Å². The highest BCUT2D eigenvalue weighted by molar-refractivity contribution is 5.96. The van der Waals surface area contributed by atoms with Crippen molar-refractivity contribution in [3.05, 3.63) is 29.8 Å². The van der Waals surface area contributed by atoms with Gasteiger partial charge in [-0.25, -0.2) is 4.79 Å². The maximum atomic E-state index is 11.8. The summed E-state index contributed by atoms with van der Waals surface area (Å²) in [4.78, 5) is 23.5. The number of ether oxygens (including phenoxy) is 1. The molecule has 0 heterocycles. The highest BCUT2D eigenvalue weighted by Crippen LogP contribution is 2.13. The predicted molar refractivity (Wildman–Crippen MR) is 78.9 cm³/mol. The molecular weight excluding hydrogens is 256 g/mol. The van der Waals surface area contributed by atoms with Gasteiger partial charge in [-0.1, -0.05) is 13.0 Å². The zero-order chi connectivity index (χ0) is 15.2. The van der Waals surface area contributed by atoms with Crippen molar-refractivity contribution in [2.75, 3.05) is 11.9 Å². The summed E-state index contributed by atoms with van der Waals surface area (Å²) in [5.74, 6) is -0.153. The molecule has 0 saturated carbocycles. The minimum atomic E-state index is -0.555. The van der Waals surface area contributed by atoms with Crippen molar-refractivity contribution in [2.45, 2.75) is 39.7 Å². The molecule has 0 aliphatic rings. The third-order valence-electron chi connectivity index (χ3n) is 2.31. The third kappa shape index (κ3) is 5.73. The largest absolute Gasteiger partial charge is 0.444 e. The fraction of sp³-hybridized carbons (Fsp3) is 0.467. The van der Waals surface area contributed by atoms with Gasteiger partial charge >= 0.3 is 6.09 Å². The van der Waals surface area contributed by atoms with Crippen LogP contribution in [-0.4, -0.2) is 24.1 Å². The van der Waals surface area contributed by atoms with Crippen molar-refractivity contribution in [3.8, 4) is 0 Å². The molecule has 1 aromatic carbocycles. The van der Waals surface area contributed by atoms with E-state index in [-0.39, 0.29) is 5.91 Å². The van der Waals surface area contributed by atoms with E-state index in [9.17, 15) is 9.59 Å². The van der Waals surface area contributed by atoms with E-state index in [2.05, 4.69) is 10.6 Å². The molecule has 2 N–H and O–H groups in total. The van der Waals surface area contributed by atoms with Crippen LogP contribution in [0.15, 0.2) is 24.3 Å². The molecule has 0 spiro atoms. The van der Waals surface area contributed by atoms with Crippen LogP contribution >= 0.6 is 0 Å². The van der Waals surface area contributed by atoms with Crippen LogP contribution in [0.25, 0.3) is 0 Å². The zero-order valence-electron chi connectivity index (χ0n) is 12.4. The Morgan fingerprint density at radius 1 is 1.25 bits per heavy atom. The average molecular weight is 278 g/mol. The normalized spacial score (nSPS) is 10.8. The predicted octanol–water partition coefficient (Wildman–Crippen LogP) is 3.17. The molecule has 110 valence electrons. The lowest BCUT2D eigenvalue weighted by atomic mass is 10.2. The standard InChI is InChI=1S/C15H22N2O3/c1-5-9-16-13(18)11-7-6-8-12(10-11)17-14(19)20-15(2,3)4/h6-8,10H,5,9H2,1-4H3,(H,16,18)(H,17,19). The Bertz CT molecular complexity index is 478. The Morgan fingerprint density at radius 3 is 2.55 bits per heavy atom. The molecule has 20 heavy (non-hydrogen) atoms. The van der Waals surface area contributed by atoms with Crippen molar-refractivity contribution in [1.29, 1.82) is 0 Å². The van der Waals surface area contributed by atoms with Gasteiger partial charge in [0.2, 0.25) is 0 Å². The molecular formula is C15H22N2O3. The van der Waals surface area contributed by atoms with Crippen LogP contribution in [0, 0.1) is 0 Å². The Kier molecular flexibility index (Phi) is 5.55. The van der Waals surface area contributed by atoms with E-state index in [1.54, 1.807) is 45.0 Å². The Labute approximate surface area is 119 Å². The van der Waals surface area contributed by atoms with Crippen LogP contribution in [0.2, 0.25) is 0 Å². The number of rotatable bonds is 4. The second kappa shape index (κ2) is 6.93. The van der Waals surface area contributed by atoms with Gasteiger partial charge in [-0.15, -0.1) is 0 Å². The van der Waals surface area contributed by atoms with Crippen LogP contribution in [0.1, 0.15) is 44.5 Å². The van der Waals surface area contributed by atoms with Crippen molar-refractivity contribution in [3.63, 3.8) is 0 Å². The molecule has 0 atom stereocenters. The summed E-state index contributed by atoms with van der Waals surface area (Å²) < 4.78 is 5.16. The molecule has 0 saturated heterocycles. The molecule has 1 rings (SSSR count). The number of anilines is 1. The van der Waals surface area contributed by atoms with Gasteiger partial charge in [0.1, 0.15) is 5.60 Å². The summed E-state index contributed by atoms with van der Waals surface area (Å²) in [5.41, 5.74) is 0.482. The molecule has 1 aromatic rings. The number of carbonyl (C=O) groups is 2. The molecule has 0 fully saturated rings. The lowest BCUT2D eigenvalue weighted by Crippen LogP contribution is -2.27. The van der Waals surface area contributed by atoms with Crippen molar-refractivity contribution >= 4 is 17.7 Å². The van der Waals surface area contributed by atoms with Crippen molar-refractivity contribution in [2.24, 2.45) is 0 Å². The summed E-state index contributed by atoms with van der Waals surface area (Å²) in [6.07, 6.45) is 0.338. The van der Waals surface area contributed by atoms with Crippen molar-refractivity contribution < 1.29 is 14.3 Å². The summed E-state index contributed by atoms with van der Waals surface area (Å²) >= 11 is 0. The smallest absolute Gasteiger partial charge is 0.412 e. The molecule has 0 aliphatic carbocycles. The highest BCUT2D eigenvalue weighted by atomic mass is 16.6. The fourth-order valence-electron chi connectivity index (χ4n) is 1.50. The molecule has 0 aromatic heterocycles. The first-order valence-electron chi connectivity index (χ1n) is 6.70. The van der Waals surface area contributed by atoms with Gasteiger partial charge < -0.3 is 10.1 Å². The highest BCUT2D eigenvalue weighted by Gasteiger charge is 2.16. The van der Waals surface area contributed by atoms with Gasteiger partial charge in [0.05, 0.1) is 0 Å². The first kappa shape index (κ1) is 16.0. The summed E-state index contributed by atoms with van der Waals surface area (Å²) in [6, 6.07) is 6.74. The van der Waals surface area contributed by atoms with Gasteiger partial charge in [-0.3, -0.25) is 10.1 Å². The lowest BCUT2D eigenvalue weighted by Gasteiger charge is -2.19. The van der Waals surface area contributed by atoms with Gasteiger partial charge in [0.25, 0.3) is 5.91 Å².